The first kappa shape index (κ1) is 17.8. The Labute approximate surface area is 135 Å². The van der Waals surface area contributed by atoms with E-state index in [1.807, 2.05) is 0 Å². The van der Waals surface area contributed by atoms with E-state index in [-0.39, 0.29) is 18.7 Å². The molecule has 130 valence electrons. The minimum atomic E-state index is -4.71. The molecule has 1 saturated heterocycles. The van der Waals surface area contributed by atoms with E-state index < -0.39 is 41.5 Å². The highest BCUT2D eigenvalue weighted by Crippen LogP contribution is 2.37. The molecule has 2 atom stereocenters. The van der Waals surface area contributed by atoms with Gasteiger partial charge in [0.1, 0.15) is 12.0 Å². The molecule has 1 aromatic carbocycles. The van der Waals surface area contributed by atoms with Crippen LogP contribution in [0.3, 0.4) is 0 Å². The van der Waals surface area contributed by atoms with Gasteiger partial charge in [-0.2, -0.15) is 13.2 Å². The Bertz CT molecular complexity index is 675. The second kappa shape index (κ2) is 6.50. The van der Waals surface area contributed by atoms with Crippen LogP contribution in [-0.2, 0) is 20.6 Å². The molecule has 2 N–H and O–H groups in total. The first-order valence-electron chi connectivity index (χ1n) is 7.11. The molecule has 1 fully saturated rings. The summed E-state index contributed by atoms with van der Waals surface area (Å²) >= 11 is 0. The Hall–Kier alpha value is -2.58. The lowest BCUT2D eigenvalue weighted by Crippen LogP contribution is -2.54. The van der Waals surface area contributed by atoms with Gasteiger partial charge in [-0.1, -0.05) is 18.2 Å². The van der Waals surface area contributed by atoms with Gasteiger partial charge in [-0.25, -0.2) is 0 Å². The quantitative estimate of drug-likeness (QED) is 0.812. The van der Waals surface area contributed by atoms with Gasteiger partial charge in [-0.3, -0.25) is 14.4 Å². The number of hydrogen-bond acceptors (Lipinski definition) is 3. The molecule has 1 aromatic rings. The van der Waals surface area contributed by atoms with E-state index >= 15 is 0 Å². The average molecular weight is 344 g/mol. The number of carboxylic acids is 1. The van der Waals surface area contributed by atoms with Gasteiger partial charge in [0.05, 0.1) is 5.56 Å². The molecule has 0 saturated carbocycles. The lowest BCUT2D eigenvalue weighted by atomic mass is 9.95. The number of piperazine rings is 1. The minimum Gasteiger partial charge on any atom is -0.481 e. The fraction of sp³-hybridized carbons (Fsp3) is 0.400. The van der Waals surface area contributed by atoms with Crippen LogP contribution in [0.1, 0.15) is 24.1 Å². The van der Waals surface area contributed by atoms with Crippen LogP contribution in [0.5, 0.6) is 0 Å². The zero-order chi connectivity index (χ0) is 18.1. The third-order valence-corrected chi connectivity index (χ3v) is 3.80. The van der Waals surface area contributed by atoms with E-state index in [1.165, 1.54) is 12.1 Å². The van der Waals surface area contributed by atoms with Gasteiger partial charge >= 0.3 is 12.1 Å². The topological polar surface area (TPSA) is 86.7 Å². The van der Waals surface area contributed by atoms with Crippen LogP contribution in [0, 0.1) is 5.92 Å². The number of benzene rings is 1. The molecular weight excluding hydrogens is 329 g/mol. The smallest absolute Gasteiger partial charge is 0.416 e. The van der Waals surface area contributed by atoms with E-state index in [0.717, 1.165) is 24.0 Å². The lowest BCUT2D eigenvalue weighted by molar-refractivity contribution is -0.156. The maximum absolute atomic E-state index is 13.2. The number of rotatable bonds is 3. The molecule has 6 nitrogen and oxygen atoms in total. The molecule has 2 unspecified atom stereocenters. The van der Waals surface area contributed by atoms with Gasteiger partial charge in [0.15, 0.2) is 0 Å². The van der Waals surface area contributed by atoms with E-state index in [4.69, 9.17) is 5.11 Å². The first-order chi connectivity index (χ1) is 11.1. The van der Waals surface area contributed by atoms with Crippen LogP contribution in [0.2, 0.25) is 0 Å². The van der Waals surface area contributed by atoms with E-state index in [1.54, 1.807) is 0 Å². The molecular formula is C15H15F3N2O4. The Morgan fingerprint density at radius 2 is 1.96 bits per heavy atom. The summed E-state index contributed by atoms with van der Waals surface area (Å²) < 4.78 is 39.6. The van der Waals surface area contributed by atoms with Crippen LogP contribution >= 0.6 is 0 Å². The Kier molecular flexibility index (Phi) is 4.81. The first-order valence-corrected chi connectivity index (χ1v) is 7.11. The number of nitrogens with one attached hydrogen (secondary N) is 1. The van der Waals surface area contributed by atoms with Crippen molar-refractivity contribution in [1.29, 1.82) is 0 Å². The number of hydrogen-bond donors (Lipinski definition) is 2. The molecule has 0 bridgehead atoms. The van der Waals surface area contributed by atoms with Crippen molar-refractivity contribution in [1.82, 2.24) is 10.2 Å². The van der Waals surface area contributed by atoms with Crippen LogP contribution in [-0.4, -0.2) is 40.9 Å². The predicted molar refractivity (Wildman–Crippen MR) is 75.7 cm³/mol. The van der Waals surface area contributed by atoms with Crippen LogP contribution < -0.4 is 5.32 Å². The number of halogens is 3. The van der Waals surface area contributed by atoms with Gasteiger partial charge < -0.3 is 15.3 Å². The molecule has 2 amide bonds. The van der Waals surface area contributed by atoms with Crippen LogP contribution in [0.25, 0.3) is 0 Å². The van der Waals surface area contributed by atoms with Crippen molar-refractivity contribution < 1.29 is 32.7 Å². The molecule has 1 aliphatic heterocycles. The third-order valence-electron chi connectivity index (χ3n) is 3.80. The summed E-state index contributed by atoms with van der Waals surface area (Å²) in [6.45, 7) is 1.10. The number of nitrogens with zero attached hydrogens (tertiary/aromatic N) is 1. The Balaban J connectivity index is 2.50. The van der Waals surface area contributed by atoms with E-state index in [9.17, 15) is 27.6 Å². The molecule has 1 heterocycles. The second-order valence-electron chi connectivity index (χ2n) is 5.37. The molecule has 1 aliphatic rings. The van der Waals surface area contributed by atoms with Crippen molar-refractivity contribution in [2.45, 2.75) is 19.1 Å². The normalized spacial score (nSPS) is 19.6. The summed E-state index contributed by atoms with van der Waals surface area (Å²) in [6.07, 6.45) is -4.71. The highest BCUT2D eigenvalue weighted by molar-refractivity contribution is 5.99. The van der Waals surface area contributed by atoms with E-state index in [0.29, 0.717) is 0 Å². The monoisotopic (exact) mass is 344 g/mol. The summed E-state index contributed by atoms with van der Waals surface area (Å²) in [4.78, 5) is 36.4. The zero-order valence-electron chi connectivity index (χ0n) is 12.6. The number of carbonyl (C=O) groups excluding carboxylic acids is 2. The zero-order valence-corrected chi connectivity index (χ0v) is 12.6. The molecule has 0 radical (unpaired) electrons. The maximum atomic E-state index is 13.2. The van der Waals surface area contributed by atoms with Crippen molar-refractivity contribution in [3.63, 3.8) is 0 Å². The SMILES string of the molecule is CC(C(=O)O)C(=O)N1CCNC(=O)C1c1ccccc1C(F)(F)F. The number of alkyl halides is 3. The summed E-state index contributed by atoms with van der Waals surface area (Å²) in [5.41, 5.74) is -1.42. The Morgan fingerprint density at radius 1 is 1.33 bits per heavy atom. The van der Waals surface area contributed by atoms with Crippen molar-refractivity contribution in [2.24, 2.45) is 5.92 Å². The maximum Gasteiger partial charge on any atom is 0.416 e. The van der Waals surface area contributed by atoms with Gasteiger partial charge in [0.25, 0.3) is 0 Å². The Morgan fingerprint density at radius 3 is 2.54 bits per heavy atom. The summed E-state index contributed by atoms with van der Waals surface area (Å²) in [5, 5.41) is 11.4. The third kappa shape index (κ3) is 3.34. The summed E-state index contributed by atoms with van der Waals surface area (Å²) in [7, 11) is 0. The molecule has 0 aliphatic carbocycles. The standard InChI is InChI=1S/C15H15F3N2O4/c1-8(14(23)24)13(22)20-7-6-19-12(21)11(20)9-4-2-3-5-10(9)15(16,17)18/h2-5,8,11H,6-7H2,1H3,(H,19,21)(H,23,24). The number of carbonyl (C=O) groups is 3. The highest BCUT2D eigenvalue weighted by atomic mass is 19.4. The number of carboxylic acid groups (broad SMARTS) is 1. The molecule has 0 spiro atoms. The summed E-state index contributed by atoms with van der Waals surface area (Å²) in [5.74, 6) is -4.55. The minimum absolute atomic E-state index is 0.0433. The molecule has 2 rings (SSSR count). The van der Waals surface area contributed by atoms with Crippen molar-refractivity contribution in [2.75, 3.05) is 13.1 Å². The van der Waals surface area contributed by atoms with Gasteiger partial charge in [0.2, 0.25) is 11.8 Å². The fourth-order valence-corrected chi connectivity index (χ4v) is 2.56. The van der Waals surface area contributed by atoms with Gasteiger partial charge in [0, 0.05) is 13.1 Å². The van der Waals surface area contributed by atoms with Gasteiger partial charge in [-0.05, 0) is 18.6 Å². The number of amides is 2. The highest BCUT2D eigenvalue weighted by Gasteiger charge is 2.42. The van der Waals surface area contributed by atoms with Crippen LogP contribution in [0.4, 0.5) is 13.2 Å². The molecule has 0 aromatic heterocycles. The predicted octanol–water partition coefficient (Wildman–Crippen LogP) is 1.43. The van der Waals surface area contributed by atoms with E-state index in [2.05, 4.69) is 5.32 Å². The van der Waals surface area contributed by atoms with Gasteiger partial charge in [-0.15, -0.1) is 0 Å². The van der Waals surface area contributed by atoms with Crippen molar-refractivity contribution in [3.05, 3.63) is 35.4 Å². The molecule has 9 heteroatoms. The fourth-order valence-electron chi connectivity index (χ4n) is 2.56. The average Bonchev–Trinajstić information content (AvgIpc) is 2.52. The van der Waals surface area contributed by atoms with Crippen molar-refractivity contribution in [3.8, 4) is 0 Å². The second-order valence-corrected chi connectivity index (χ2v) is 5.37. The van der Waals surface area contributed by atoms with Crippen LogP contribution in [0.15, 0.2) is 24.3 Å². The number of aliphatic carboxylic acids is 1. The molecule has 24 heavy (non-hydrogen) atoms. The lowest BCUT2D eigenvalue weighted by Gasteiger charge is -2.37. The largest absolute Gasteiger partial charge is 0.481 e. The van der Waals surface area contributed by atoms with Crippen molar-refractivity contribution >= 4 is 17.8 Å². The summed E-state index contributed by atoms with van der Waals surface area (Å²) in [6, 6.07) is 2.92.